The van der Waals surface area contributed by atoms with Crippen LogP contribution in [0.4, 0.5) is 0 Å². The van der Waals surface area contributed by atoms with Crippen molar-refractivity contribution >= 4 is 29.2 Å². The van der Waals surface area contributed by atoms with Gasteiger partial charge in [-0.2, -0.15) is 0 Å². The molecule has 2 rings (SSSR count). The Labute approximate surface area is 134 Å². The number of rotatable bonds is 6. The van der Waals surface area contributed by atoms with E-state index in [1.165, 1.54) is 0 Å². The highest BCUT2D eigenvalue weighted by molar-refractivity contribution is 6.35. The van der Waals surface area contributed by atoms with Crippen LogP contribution in [-0.4, -0.2) is 32.1 Å². The van der Waals surface area contributed by atoms with Crippen LogP contribution in [0.2, 0.25) is 10.0 Å². The van der Waals surface area contributed by atoms with Gasteiger partial charge in [0.1, 0.15) is 12.9 Å². The number of carbonyl (C=O) groups is 1. The molecule has 0 bridgehead atoms. The summed E-state index contributed by atoms with van der Waals surface area (Å²) in [5.74, 6) is -0.227. The van der Waals surface area contributed by atoms with Gasteiger partial charge >= 0.3 is 5.97 Å². The zero-order chi connectivity index (χ0) is 15.2. The monoisotopic (exact) mass is 332 g/mol. The van der Waals surface area contributed by atoms with Crippen molar-refractivity contribution in [1.29, 1.82) is 0 Å². The molecule has 1 fully saturated rings. The summed E-state index contributed by atoms with van der Waals surface area (Å²) in [5.41, 5.74) is 0.997. The Balaban J connectivity index is 1.88. The van der Waals surface area contributed by atoms with Crippen LogP contribution in [0.25, 0.3) is 0 Å². The van der Waals surface area contributed by atoms with Crippen LogP contribution in [0.1, 0.15) is 24.8 Å². The van der Waals surface area contributed by atoms with E-state index in [4.69, 9.17) is 37.4 Å². The van der Waals surface area contributed by atoms with Crippen LogP contribution in [0.15, 0.2) is 18.2 Å². The molecule has 1 aliphatic rings. The Bertz CT molecular complexity index is 493. The number of carbonyl (C=O) groups excluding carboxylic acids is 1. The third kappa shape index (κ3) is 5.15. The van der Waals surface area contributed by atoms with Gasteiger partial charge in [0.15, 0.2) is 0 Å². The zero-order valence-electron chi connectivity index (χ0n) is 11.8. The summed E-state index contributed by atoms with van der Waals surface area (Å²) < 4.78 is 15.7. The van der Waals surface area contributed by atoms with Crippen LogP contribution in [0.5, 0.6) is 0 Å². The minimum Gasteiger partial charge on any atom is -0.462 e. The van der Waals surface area contributed by atoms with Gasteiger partial charge in [-0.1, -0.05) is 29.3 Å². The molecule has 1 heterocycles. The third-order valence-electron chi connectivity index (χ3n) is 3.39. The van der Waals surface area contributed by atoms with Crippen LogP contribution in [-0.2, 0) is 25.4 Å². The van der Waals surface area contributed by atoms with Crippen LogP contribution >= 0.6 is 23.2 Å². The molecule has 1 aromatic rings. The lowest BCUT2D eigenvalue weighted by molar-refractivity contribution is -0.169. The fourth-order valence-electron chi connectivity index (χ4n) is 2.35. The van der Waals surface area contributed by atoms with Gasteiger partial charge in [0.2, 0.25) is 0 Å². The molecule has 21 heavy (non-hydrogen) atoms. The van der Waals surface area contributed by atoms with Crippen molar-refractivity contribution < 1.29 is 19.0 Å². The molecule has 1 aromatic carbocycles. The molecule has 2 unspecified atom stereocenters. The lowest BCUT2D eigenvalue weighted by atomic mass is 9.99. The number of methoxy groups -OCH3 is 1. The minimum atomic E-state index is -0.227. The maximum absolute atomic E-state index is 11.6. The van der Waals surface area contributed by atoms with Gasteiger partial charge in [-0.05, 0) is 30.5 Å². The average molecular weight is 333 g/mol. The Kier molecular flexibility index (Phi) is 6.30. The SMILES string of the molecule is COCOC1CC(=O)OC(CCc2ccc(Cl)cc2Cl)C1. The van der Waals surface area contributed by atoms with Crippen LogP contribution < -0.4 is 0 Å². The molecular weight excluding hydrogens is 315 g/mol. The van der Waals surface area contributed by atoms with E-state index >= 15 is 0 Å². The van der Waals surface area contributed by atoms with Gasteiger partial charge < -0.3 is 14.2 Å². The number of esters is 1. The van der Waals surface area contributed by atoms with E-state index in [1.54, 1.807) is 19.2 Å². The quantitative estimate of drug-likeness (QED) is 0.589. The molecular formula is C15H18Cl2O4. The Hall–Kier alpha value is -0.810. The first-order valence-corrected chi connectivity index (χ1v) is 7.58. The van der Waals surface area contributed by atoms with Crippen molar-refractivity contribution in [2.75, 3.05) is 13.9 Å². The first-order valence-electron chi connectivity index (χ1n) is 6.82. The molecule has 0 radical (unpaired) electrons. The predicted octanol–water partition coefficient (Wildman–Crippen LogP) is 3.62. The molecule has 0 aliphatic carbocycles. The highest BCUT2D eigenvalue weighted by Crippen LogP contribution is 2.25. The Morgan fingerprint density at radius 2 is 2.19 bits per heavy atom. The van der Waals surface area contributed by atoms with Gasteiger partial charge in [0.05, 0.1) is 12.5 Å². The highest BCUT2D eigenvalue weighted by atomic mass is 35.5. The first kappa shape index (κ1) is 16.6. The van der Waals surface area contributed by atoms with E-state index in [2.05, 4.69) is 0 Å². The second kappa shape index (κ2) is 7.99. The van der Waals surface area contributed by atoms with Gasteiger partial charge in [-0.3, -0.25) is 4.79 Å². The second-order valence-electron chi connectivity index (χ2n) is 5.02. The summed E-state index contributed by atoms with van der Waals surface area (Å²) in [6, 6.07) is 5.42. The lowest BCUT2D eigenvalue weighted by Crippen LogP contribution is -2.34. The fourth-order valence-corrected chi connectivity index (χ4v) is 2.86. The second-order valence-corrected chi connectivity index (χ2v) is 5.86. The summed E-state index contributed by atoms with van der Waals surface area (Å²) in [6.07, 6.45) is 2.10. The molecule has 116 valence electrons. The standard InChI is InChI=1S/C15H18Cl2O4/c1-19-9-20-13-7-12(21-15(18)8-13)5-3-10-2-4-11(16)6-14(10)17/h2,4,6,12-13H,3,5,7-9H2,1H3. The molecule has 0 N–H and O–H groups in total. The maximum atomic E-state index is 11.6. The summed E-state index contributed by atoms with van der Waals surface area (Å²) in [5, 5.41) is 1.25. The van der Waals surface area contributed by atoms with Gasteiger partial charge in [0, 0.05) is 23.6 Å². The number of benzene rings is 1. The largest absolute Gasteiger partial charge is 0.462 e. The van der Waals surface area contributed by atoms with Crippen molar-refractivity contribution in [2.24, 2.45) is 0 Å². The number of cyclic esters (lactones) is 1. The maximum Gasteiger partial charge on any atom is 0.308 e. The zero-order valence-corrected chi connectivity index (χ0v) is 13.3. The molecule has 1 aliphatic heterocycles. The number of hydrogen-bond acceptors (Lipinski definition) is 4. The molecule has 6 heteroatoms. The summed E-state index contributed by atoms with van der Waals surface area (Å²) >= 11 is 12.0. The molecule has 2 atom stereocenters. The Morgan fingerprint density at radius 1 is 1.38 bits per heavy atom. The Morgan fingerprint density at radius 3 is 2.90 bits per heavy atom. The van der Waals surface area contributed by atoms with Gasteiger partial charge in [0.25, 0.3) is 0 Å². The predicted molar refractivity (Wildman–Crippen MR) is 80.6 cm³/mol. The van der Waals surface area contributed by atoms with Crippen molar-refractivity contribution in [3.05, 3.63) is 33.8 Å². The van der Waals surface area contributed by atoms with Crippen molar-refractivity contribution in [3.8, 4) is 0 Å². The number of halogens is 2. The fraction of sp³-hybridized carbons (Fsp3) is 0.533. The lowest BCUT2D eigenvalue weighted by Gasteiger charge is -2.28. The topological polar surface area (TPSA) is 44.8 Å². The van der Waals surface area contributed by atoms with E-state index in [1.807, 2.05) is 6.07 Å². The molecule has 0 saturated carbocycles. The summed E-state index contributed by atoms with van der Waals surface area (Å²) in [6.45, 7) is 0.188. The van der Waals surface area contributed by atoms with Crippen molar-refractivity contribution in [1.82, 2.24) is 0 Å². The minimum absolute atomic E-state index is 0.142. The average Bonchev–Trinajstić information content (AvgIpc) is 2.43. The van der Waals surface area contributed by atoms with Crippen molar-refractivity contribution in [3.63, 3.8) is 0 Å². The first-order chi connectivity index (χ1) is 10.1. The summed E-state index contributed by atoms with van der Waals surface area (Å²) in [7, 11) is 1.56. The molecule has 0 spiro atoms. The number of ether oxygens (including phenoxy) is 3. The van der Waals surface area contributed by atoms with Crippen LogP contribution in [0.3, 0.4) is 0 Å². The van der Waals surface area contributed by atoms with Crippen molar-refractivity contribution in [2.45, 2.75) is 37.9 Å². The van der Waals surface area contributed by atoms with E-state index in [0.717, 1.165) is 12.0 Å². The molecule has 1 saturated heterocycles. The number of hydrogen-bond donors (Lipinski definition) is 0. The smallest absolute Gasteiger partial charge is 0.308 e. The van der Waals surface area contributed by atoms with E-state index in [-0.39, 0.29) is 31.4 Å². The molecule has 0 amide bonds. The molecule has 4 nitrogen and oxygen atoms in total. The third-order valence-corrected chi connectivity index (χ3v) is 3.98. The van der Waals surface area contributed by atoms with Crippen LogP contribution in [0, 0.1) is 0 Å². The normalized spacial score (nSPS) is 22.1. The number of aryl methyl sites for hydroxylation is 1. The van der Waals surface area contributed by atoms with Gasteiger partial charge in [-0.25, -0.2) is 0 Å². The highest BCUT2D eigenvalue weighted by Gasteiger charge is 2.29. The van der Waals surface area contributed by atoms with E-state index in [9.17, 15) is 4.79 Å². The van der Waals surface area contributed by atoms with E-state index in [0.29, 0.717) is 22.9 Å². The molecule has 0 aromatic heterocycles. The summed E-state index contributed by atoms with van der Waals surface area (Å²) in [4.78, 5) is 11.6. The van der Waals surface area contributed by atoms with E-state index < -0.39 is 0 Å². The van der Waals surface area contributed by atoms with Gasteiger partial charge in [-0.15, -0.1) is 0 Å².